The highest BCUT2D eigenvalue weighted by Gasteiger charge is 2.28. The molecule has 0 bridgehead atoms. The predicted molar refractivity (Wildman–Crippen MR) is 89.1 cm³/mol. The molecule has 1 aromatic carbocycles. The molecule has 23 heavy (non-hydrogen) atoms. The summed E-state index contributed by atoms with van der Waals surface area (Å²) in [6.45, 7) is 1.94. The van der Waals surface area contributed by atoms with Crippen LogP contribution >= 0.6 is 12.4 Å². The molecule has 7 heteroatoms. The van der Waals surface area contributed by atoms with Gasteiger partial charge in [-0.2, -0.15) is 5.26 Å². The van der Waals surface area contributed by atoms with Crippen LogP contribution in [0.2, 0.25) is 0 Å². The largest absolute Gasteiger partial charge is 0.355 e. The Labute approximate surface area is 142 Å². The van der Waals surface area contributed by atoms with Gasteiger partial charge in [0.05, 0.1) is 17.6 Å². The van der Waals surface area contributed by atoms with Gasteiger partial charge in [-0.3, -0.25) is 9.59 Å². The van der Waals surface area contributed by atoms with Crippen LogP contribution in [0.25, 0.3) is 0 Å². The molecule has 0 aliphatic carbocycles. The van der Waals surface area contributed by atoms with E-state index in [1.54, 1.807) is 29.2 Å². The number of halogens is 1. The van der Waals surface area contributed by atoms with E-state index in [1.165, 1.54) is 0 Å². The van der Waals surface area contributed by atoms with E-state index in [-0.39, 0.29) is 30.1 Å². The number of carbonyl (C=O) groups is 2. The molecule has 2 amide bonds. The Morgan fingerprint density at radius 3 is 2.65 bits per heavy atom. The number of hydrogen-bond acceptors (Lipinski definition) is 4. The first kappa shape index (κ1) is 18.9. The first-order valence-electron chi connectivity index (χ1n) is 7.43. The first-order valence-corrected chi connectivity index (χ1v) is 7.43. The number of hydrogen-bond donors (Lipinski definition) is 2. The normalized spacial score (nSPS) is 16.9. The van der Waals surface area contributed by atoms with Crippen LogP contribution < -0.4 is 11.1 Å². The van der Waals surface area contributed by atoms with Gasteiger partial charge in [-0.25, -0.2) is 0 Å². The van der Waals surface area contributed by atoms with Crippen LogP contribution in [0.15, 0.2) is 24.3 Å². The number of nitrogens with one attached hydrogen (secondary N) is 1. The molecule has 0 radical (unpaired) electrons. The summed E-state index contributed by atoms with van der Waals surface area (Å²) in [7, 11) is 0. The molecule has 124 valence electrons. The highest BCUT2D eigenvalue weighted by molar-refractivity contribution is 5.94. The smallest absolute Gasteiger partial charge is 0.253 e. The number of nitrogens with two attached hydrogens (primary N) is 1. The Morgan fingerprint density at radius 2 is 2.04 bits per heavy atom. The maximum Gasteiger partial charge on any atom is 0.253 e. The summed E-state index contributed by atoms with van der Waals surface area (Å²) in [4.78, 5) is 26.2. The summed E-state index contributed by atoms with van der Waals surface area (Å²) in [6.07, 6.45) is 1.59. The van der Waals surface area contributed by atoms with Crippen LogP contribution in [-0.2, 0) is 4.79 Å². The third-order valence-electron chi connectivity index (χ3n) is 3.78. The molecule has 1 unspecified atom stereocenters. The Morgan fingerprint density at radius 1 is 1.35 bits per heavy atom. The fourth-order valence-corrected chi connectivity index (χ4v) is 2.59. The van der Waals surface area contributed by atoms with Crippen LogP contribution in [0, 0.1) is 17.2 Å². The Hall–Kier alpha value is -2.10. The molecule has 1 aromatic rings. The Bertz CT molecular complexity index is 583. The first-order chi connectivity index (χ1) is 10.7. The van der Waals surface area contributed by atoms with Gasteiger partial charge in [0, 0.05) is 31.7 Å². The van der Waals surface area contributed by atoms with E-state index in [0.717, 1.165) is 12.8 Å². The molecule has 3 N–H and O–H groups in total. The van der Waals surface area contributed by atoms with Gasteiger partial charge in [-0.05, 0) is 37.1 Å². The minimum atomic E-state index is -0.178. The van der Waals surface area contributed by atoms with Crippen molar-refractivity contribution >= 4 is 24.2 Å². The molecule has 0 spiro atoms. The van der Waals surface area contributed by atoms with E-state index in [2.05, 4.69) is 5.32 Å². The molecule has 1 aliphatic heterocycles. The summed E-state index contributed by atoms with van der Waals surface area (Å²) >= 11 is 0. The fourth-order valence-electron chi connectivity index (χ4n) is 2.59. The van der Waals surface area contributed by atoms with Crippen molar-refractivity contribution in [2.75, 3.05) is 26.2 Å². The molecule has 0 saturated carbocycles. The maximum atomic E-state index is 12.5. The van der Waals surface area contributed by atoms with Crippen LogP contribution in [0.5, 0.6) is 0 Å². The molecule has 1 fully saturated rings. The van der Waals surface area contributed by atoms with Gasteiger partial charge in [0.25, 0.3) is 5.91 Å². The summed E-state index contributed by atoms with van der Waals surface area (Å²) in [6, 6.07) is 8.58. The SMILES string of the molecule is Cl.N#Cc1ccc(C(=O)N2CCCC(C(=O)NCCN)C2)cc1. The number of rotatable bonds is 4. The molecular formula is C16H21ClN4O2. The monoisotopic (exact) mass is 336 g/mol. The van der Waals surface area contributed by atoms with Gasteiger partial charge in [0.15, 0.2) is 0 Å². The number of likely N-dealkylation sites (tertiary alicyclic amines) is 1. The second-order valence-corrected chi connectivity index (χ2v) is 5.36. The molecule has 1 saturated heterocycles. The van der Waals surface area contributed by atoms with E-state index in [9.17, 15) is 9.59 Å². The summed E-state index contributed by atoms with van der Waals surface area (Å²) in [5.74, 6) is -0.314. The predicted octanol–water partition coefficient (Wildman–Crippen LogP) is 0.907. The zero-order valence-electron chi connectivity index (χ0n) is 12.8. The van der Waals surface area contributed by atoms with Gasteiger partial charge < -0.3 is 16.0 Å². The zero-order chi connectivity index (χ0) is 15.9. The van der Waals surface area contributed by atoms with Crippen molar-refractivity contribution in [2.45, 2.75) is 12.8 Å². The standard InChI is InChI=1S/C16H20N4O2.ClH/c17-7-8-19-15(21)14-2-1-9-20(11-14)16(22)13-5-3-12(10-18)4-6-13;/h3-6,14H,1-2,7-9,11,17H2,(H,19,21);1H. The van der Waals surface area contributed by atoms with Gasteiger partial charge in [-0.15, -0.1) is 12.4 Å². The lowest BCUT2D eigenvalue weighted by Gasteiger charge is -2.32. The van der Waals surface area contributed by atoms with Crippen LogP contribution in [-0.4, -0.2) is 42.9 Å². The van der Waals surface area contributed by atoms with E-state index in [1.807, 2.05) is 6.07 Å². The van der Waals surface area contributed by atoms with E-state index in [4.69, 9.17) is 11.0 Å². The second-order valence-electron chi connectivity index (χ2n) is 5.36. The molecular weight excluding hydrogens is 316 g/mol. The molecule has 2 rings (SSSR count). The van der Waals surface area contributed by atoms with E-state index < -0.39 is 0 Å². The molecule has 1 heterocycles. The van der Waals surface area contributed by atoms with Crippen LogP contribution in [0.4, 0.5) is 0 Å². The van der Waals surface area contributed by atoms with Crippen molar-refractivity contribution in [3.05, 3.63) is 35.4 Å². The quantitative estimate of drug-likeness (QED) is 0.853. The van der Waals surface area contributed by atoms with Crippen molar-refractivity contribution in [1.82, 2.24) is 10.2 Å². The third kappa shape index (κ3) is 4.95. The molecule has 1 aliphatic rings. The lowest BCUT2D eigenvalue weighted by molar-refractivity contribution is -0.126. The Kier molecular flexibility index (Phi) is 7.52. The molecule has 1 atom stereocenters. The Balaban J connectivity index is 0.00000264. The number of benzene rings is 1. The lowest BCUT2D eigenvalue weighted by atomic mass is 9.96. The highest BCUT2D eigenvalue weighted by atomic mass is 35.5. The molecule has 0 aromatic heterocycles. The minimum Gasteiger partial charge on any atom is -0.355 e. The number of piperidine rings is 1. The van der Waals surface area contributed by atoms with Crippen molar-refractivity contribution in [3.8, 4) is 6.07 Å². The summed E-state index contributed by atoms with van der Waals surface area (Å²) in [5.41, 5.74) is 6.45. The van der Waals surface area contributed by atoms with Crippen LogP contribution in [0.1, 0.15) is 28.8 Å². The summed E-state index contributed by atoms with van der Waals surface area (Å²) in [5, 5.41) is 11.6. The maximum absolute atomic E-state index is 12.5. The van der Waals surface area contributed by atoms with E-state index >= 15 is 0 Å². The van der Waals surface area contributed by atoms with Crippen molar-refractivity contribution in [1.29, 1.82) is 5.26 Å². The van der Waals surface area contributed by atoms with Gasteiger partial charge in [0.2, 0.25) is 5.91 Å². The van der Waals surface area contributed by atoms with Gasteiger partial charge in [-0.1, -0.05) is 0 Å². The van der Waals surface area contributed by atoms with Crippen molar-refractivity contribution in [3.63, 3.8) is 0 Å². The lowest BCUT2D eigenvalue weighted by Crippen LogP contribution is -2.46. The average Bonchev–Trinajstić information content (AvgIpc) is 2.59. The summed E-state index contributed by atoms with van der Waals surface area (Å²) < 4.78 is 0. The topological polar surface area (TPSA) is 99.2 Å². The van der Waals surface area contributed by atoms with Gasteiger partial charge >= 0.3 is 0 Å². The number of carbonyl (C=O) groups excluding carboxylic acids is 2. The van der Waals surface area contributed by atoms with Crippen molar-refractivity contribution < 1.29 is 9.59 Å². The number of amides is 2. The highest BCUT2D eigenvalue weighted by Crippen LogP contribution is 2.19. The van der Waals surface area contributed by atoms with Gasteiger partial charge in [0.1, 0.15) is 0 Å². The fraction of sp³-hybridized carbons (Fsp3) is 0.438. The number of nitrogens with zero attached hydrogens (tertiary/aromatic N) is 2. The zero-order valence-corrected chi connectivity index (χ0v) is 13.6. The second kappa shape index (κ2) is 9.13. The van der Waals surface area contributed by atoms with Crippen molar-refractivity contribution in [2.24, 2.45) is 11.7 Å². The van der Waals surface area contributed by atoms with Crippen LogP contribution in [0.3, 0.4) is 0 Å². The minimum absolute atomic E-state index is 0. The molecule has 6 nitrogen and oxygen atoms in total. The van der Waals surface area contributed by atoms with E-state index in [0.29, 0.717) is 37.3 Å². The third-order valence-corrected chi connectivity index (χ3v) is 3.78. The average molecular weight is 337 g/mol. The number of nitriles is 1.